The van der Waals surface area contributed by atoms with Gasteiger partial charge in [-0.15, -0.1) is 0 Å². The van der Waals surface area contributed by atoms with Gasteiger partial charge in [-0.25, -0.2) is 28.6 Å². The molecule has 3 heterocycles. The van der Waals surface area contributed by atoms with E-state index in [9.17, 15) is 28.6 Å². The molecular weight excluding hydrogens is 589 g/mol. The second-order valence-corrected chi connectivity index (χ2v) is 12.6. The molecule has 0 spiro atoms. The van der Waals surface area contributed by atoms with E-state index in [1.807, 2.05) is 0 Å². The number of aromatic nitrogens is 4. The smallest absolute Gasteiger partial charge is 0.388 e. The van der Waals surface area contributed by atoms with Crippen LogP contribution in [0.15, 0.2) is 17.8 Å². The molecule has 218 valence electrons. The Labute approximate surface area is 220 Å². The van der Waals surface area contributed by atoms with Gasteiger partial charge in [-0.1, -0.05) is 18.0 Å². The van der Waals surface area contributed by atoms with Crippen LogP contribution in [0.4, 0.5) is 5.82 Å². The van der Waals surface area contributed by atoms with Gasteiger partial charge in [-0.2, -0.15) is 8.62 Å². The van der Waals surface area contributed by atoms with Crippen molar-refractivity contribution >= 4 is 40.4 Å². The zero-order valence-corrected chi connectivity index (χ0v) is 22.8. The highest BCUT2D eigenvalue weighted by Crippen LogP contribution is 2.66. The predicted octanol–water partition coefficient (Wildman–Crippen LogP) is 2.10. The Morgan fingerprint density at radius 3 is 2.56 bits per heavy atom. The summed E-state index contributed by atoms with van der Waals surface area (Å²) in [5.74, 6) is 0.463. The first-order valence-corrected chi connectivity index (χ1v) is 15.9. The van der Waals surface area contributed by atoms with Crippen molar-refractivity contribution in [2.45, 2.75) is 50.5 Å². The fourth-order valence-corrected chi connectivity index (χ4v) is 6.70. The van der Waals surface area contributed by atoms with E-state index in [-0.39, 0.29) is 6.42 Å². The molecule has 6 N–H and O–H groups in total. The van der Waals surface area contributed by atoms with Crippen LogP contribution in [0.2, 0.25) is 0 Å². The van der Waals surface area contributed by atoms with Crippen LogP contribution in [-0.4, -0.2) is 76.1 Å². The number of aliphatic hydroxyl groups is 1. The van der Waals surface area contributed by atoms with Crippen molar-refractivity contribution < 1.29 is 56.3 Å². The van der Waals surface area contributed by atoms with Crippen molar-refractivity contribution in [1.29, 1.82) is 0 Å². The topological polar surface area (TPSA) is 294 Å². The van der Waals surface area contributed by atoms with Gasteiger partial charge in [0.25, 0.3) is 0 Å². The zero-order chi connectivity index (χ0) is 28.7. The highest BCUT2D eigenvalue weighted by molar-refractivity contribution is 7.66. The molecule has 1 aliphatic heterocycles. The van der Waals surface area contributed by atoms with E-state index in [0.29, 0.717) is 30.1 Å². The molecular formula is C16H27N8O12P3. The predicted molar refractivity (Wildman–Crippen MR) is 131 cm³/mol. The van der Waals surface area contributed by atoms with Gasteiger partial charge in [0.2, 0.25) is 0 Å². The first kappa shape index (κ1) is 31.5. The second-order valence-electron chi connectivity index (χ2n) is 8.18. The van der Waals surface area contributed by atoms with E-state index in [0.717, 1.165) is 25.7 Å². The zero-order valence-electron chi connectivity index (χ0n) is 20.1. The lowest BCUT2D eigenvalue weighted by molar-refractivity contribution is -0.0481. The van der Waals surface area contributed by atoms with Gasteiger partial charge < -0.3 is 34.7 Å². The van der Waals surface area contributed by atoms with E-state index in [1.165, 1.54) is 17.2 Å². The van der Waals surface area contributed by atoms with Gasteiger partial charge in [-0.05, 0) is 18.4 Å². The molecule has 23 heteroatoms. The number of hydrogen-bond acceptors (Lipinski definition) is 13. The summed E-state index contributed by atoms with van der Waals surface area (Å²) >= 11 is 0. The van der Waals surface area contributed by atoms with Crippen LogP contribution >= 0.6 is 23.5 Å². The fraction of sp³-hybridized carbons (Fsp3) is 0.688. The average Bonchev–Trinajstić information content (AvgIpc) is 3.40. The van der Waals surface area contributed by atoms with E-state index >= 15 is 0 Å². The minimum Gasteiger partial charge on any atom is -0.388 e. The molecule has 20 nitrogen and oxygen atoms in total. The van der Waals surface area contributed by atoms with Crippen LogP contribution in [0.3, 0.4) is 0 Å². The SMILES string of the molecule is [N-]=[N+]=NCCCCCCNc1ncnc2c1ncn2C1OC(COP(=O)(O)OP(=O)(O)OP(=O)(O)O)CC1O. The number of anilines is 1. The van der Waals surface area contributed by atoms with Crippen LogP contribution in [0.5, 0.6) is 0 Å². The number of nitrogens with one attached hydrogen (secondary N) is 1. The maximum absolute atomic E-state index is 11.9. The molecule has 2 aromatic heterocycles. The van der Waals surface area contributed by atoms with Crippen molar-refractivity contribution in [3.05, 3.63) is 23.1 Å². The Balaban J connectivity index is 1.56. The lowest BCUT2D eigenvalue weighted by Gasteiger charge is -2.19. The molecule has 5 atom stereocenters. The third-order valence-corrected chi connectivity index (χ3v) is 8.98. The standard InChI is InChI=1S/C16H27N8O12P3/c17-23-22-6-4-2-1-3-5-18-14-13-15(20-9-19-14)24(10-21-13)16-12(25)7-11(34-16)8-33-38(29,30)36-39(31,32)35-37(26,27)28/h9-12,16,25H,1-8H2,(H,29,30)(H,31,32)(H,18,19,20)(H2,26,27,28). The van der Waals surface area contributed by atoms with Crippen LogP contribution in [0.25, 0.3) is 21.6 Å². The molecule has 5 unspecified atom stereocenters. The largest absolute Gasteiger partial charge is 0.490 e. The van der Waals surface area contributed by atoms with E-state index in [4.69, 9.17) is 20.1 Å². The molecule has 0 radical (unpaired) electrons. The minimum atomic E-state index is -5.65. The number of imidazole rings is 1. The molecule has 0 aliphatic carbocycles. The Morgan fingerprint density at radius 1 is 1.10 bits per heavy atom. The first-order valence-electron chi connectivity index (χ1n) is 11.3. The Kier molecular flexibility index (Phi) is 11.0. The summed E-state index contributed by atoms with van der Waals surface area (Å²) in [6, 6.07) is 0. The number of azide groups is 1. The fourth-order valence-electron chi connectivity index (χ4n) is 3.65. The van der Waals surface area contributed by atoms with Crippen molar-refractivity contribution in [2.24, 2.45) is 5.11 Å². The molecule has 1 saturated heterocycles. The monoisotopic (exact) mass is 616 g/mol. The van der Waals surface area contributed by atoms with Crippen LogP contribution in [0.1, 0.15) is 38.3 Å². The Bertz CT molecular complexity index is 1320. The summed E-state index contributed by atoms with van der Waals surface area (Å²) in [5.41, 5.74) is 9.01. The van der Waals surface area contributed by atoms with Gasteiger partial charge >= 0.3 is 23.5 Å². The maximum Gasteiger partial charge on any atom is 0.490 e. The molecule has 2 aromatic rings. The van der Waals surface area contributed by atoms with Crippen LogP contribution in [-0.2, 0) is 31.6 Å². The van der Waals surface area contributed by atoms with Crippen molar-refractivity contribution in [3.63, 3.8) is 0 Å². The number of hydrogen-bond donors (Lipinski definition) is 6. The summed E-state index contributed by atoms with van der Waals surface area (Å²) in [6.07, 6.45) is 2.91. The molecule has 0 saturated carbocycles. The minimum absolute atomic E-state index is 0.0873. The quantitative estimate of drug-likeness (QED) is 0.0517. The number of phosphoric acid groups is 3. The summed E-state index contributed by atoms with van der Waals surface area (Å²) in [7, 11) is -16.5. The van der Waals surface area contributed by atoms with Gasteiger partial charge in [0.05, 0.1) is 19.0 Å². The maximum atomic E-state index is 11.9. The number of fused-ring (bicyclic) bond motifs is 1. The molecule has 0 amide bonds. The highest BCUT2D eigenvalue weighted by atomic mass is 31.3. The van der Waals surface area contributed by atoms with Crippen molar-refractivity contribution in [3.8, 4) is 0 Å². The van der Waals surface area contributed by atoms with Gasteiger partial charge in [0.1, 0.15) is 12.4 Å². The molecule has 3 rings (SSSR count). The van der Waals surface area contributed by atoms with E-state index in [1.54, 1.807) is 0 Å². The normalized spacial score (nSPS) is 22.7. The lowest BCUT2D eigenvalue weighted by Crippen LogP contribution is -2.19. The van der Waals surface area contributed by atoms with Crippen molar-refractivity contribution in [1.82, 2.24) is 19.5 Å². The number of unbranched alkanes of at least 4 members (excludes halogenated alkanes) is 3. The second kappa shape index (κ2) is 13.6. The van der Waals surface area contributed by atoms with Crippen LogP contribution in [0, 0.1) is 0 Å². The Hall–Kier alpha value is -2.01. The molecule has 39 heavy (non-hydrogen) atoms. The lowest BCUT2D eigenvalue weighted by atomic mass is 10.2. The summed E-state index contributed by atoms with van der Waals surface area (Å²) in [5, 5.41) is 17.2. The first-order chi connectivity index (χ1) is 18.3. The third-order valence-electron chi connectivity index (χ3n) is 5.18. The van der Waals surface area contributed by atoms with E-state index < -0.39 is 48.5 Å². The average molecular weight is 616 g/mol. The number of rotatable bonds is 16. The highest BCUT2D eigenvalue weighted by Gasteiger charge is 2.42. The summed E-state index contributed by atoms with van der Waals surface area (Å²) in [4.78, 5) is 51.4. The van der Waals surface area contributed by atoms with Crippen LogP contribution < -0.4 is 5.32 Å². The van der Waals surface area contributed by atoms with Gasteiger partial charge in [0.15, 0.2) is 23.2 Å². The summed E-state index contributed by atoms with van der Waals surface area (Å²) < 4.78 is 53.1. The summed E-state index contributed by atoms with van der Waals surface area (Å²) in [6.45, 7) is 0.363. The van der Waals surface area contributed by atoms with Gasteiger partial charge in [0, 0.05) is 24.4 Å². The number of nitrogens with zero attached hydrogens (tertiary/aromatic N) is 7. The Morgan fingerprint density at radius 2 is 1.85 bits per heavy atom. The number of phosphoric ester groups is 1. The third kappa shape index (κ3) is 9.84. The van der Waals surface area contributed by atoms with E-state index in [2.05, 4.69) is 43.4 Å². The number of aliphatic hydroxyl groups excluding tert-OH is 1. The number of ether oxygens (including phenoxy) is 1. The van der Waals surface area contributed by atoms with Crippen molar-refractivity contribution in [2.75, 3.05) is 25.0 Å². The molecule has 1 fully saturated rings. The molecule has 1 aliphatic rings. The molecule has 0 aromatic carbocycles. The molecule has 0 bridgehead atoms. The van der Waals surface area contributed by atoms with Gasteiger partial charge in [-0.3, -0.25) is 9.09 Å².